The molecule has 0 saturated carbocycles. The number of piperidine rings is 1. The van der Waals surface area contributed by atoms with Crippen molar-refractivity contribution < 1.29 is 4.74 Å². The SMILES string of the molecule is COc1cccc(N2CCC(C3CCNCC3)C2)c1. The summed E-state index contributed by atoms with van der Waals surface area (Å²) in [5.74, 6) is 2.77. The minimum atomic E-state index is 0.883. The molecule has 1 atom stereocenters. The van der Waals surface area contributed by atoms with Crippen molar-refractivity contribution in [3.8, 4) is 5.75 Å². The zero-order valence-electron chi connectivity index (χ0n) is 11.8. The van der Waals surface area contributed by atoms with E-state index in [0.717, 1.165) is 17.6 Å². The molecule has 0 amide bonds. The Morgan fingerprint density at radius 3 is 2.79 bits per heavy atom. The molecule has 2 heterocycles. The van der Waals surface area contributed by atoms with Gasteiger partial charge in [-0.1, -0.05) is 6.07 Å². The monoisotopic (exact) mass is 260 g/mol. The van der Waals surface area contributed by atoms with E-state index in [1.807, 2.05) is 6.07 Å². The van der Waals surface area contributed by atoms with E-state index in [1.165, 1.54) is 51.1 Å². The number of hydrogen-bond acceptors (Lipinski definition) is 3. The Kier molecular flexibility index (Phi) is 3.92. The van der Waals surface area contributed by atoms with Crippen LogP contribution < -0.4 is 15.0 Å². The molecule has 0 radical (unpaired) electrons. The second-order valence-corrected chi connectivity index (χ2v) is 5.78. The summed E-state index contributed by atoms with van der Waals surface area (Å²) >= 11 is 0. The van der Waals surface area contributed by atoms with Crippen molar-refractivity contribution in [1.82, 2.24) is 5.32 Å². The van der Waals surface area contributed by atoms with Crippen LogP contribution in [-0.4, -0.2) is 33.3 Å². The first-order valence-electron chi connectivity index (χ1n) is 7.46. The van der Waals surface area contributed by atoms with Gasteiger partial charge in [0, 0.05) is 24.8 Å². The van der Waals surface area contributed by atoms with Crippen LogP contribution in [0.3, 0.4) is 0 Å². The zero-order chi connectivity index (χ0) is 13.1. The van der Waals surface area contributed by atoms with Gasteiger partial charge >= 0.3 is 0 Å². The molecule has 104 valence electrons. The largest absolute Gasteiger partial charge is 0.497 e. The molecule has 1 aromatic carbocycles. The molecule has 19 heavy (non-hydrogen) atoms. The molecule has 0 aliphatic carbocycles. The molecule has 0 bridgehead atoms. The van der Waals surface area contributed by atoms with Gasteiger partial charge in [0.05, 0.1) is 7.11 Å². The Morgan fingerprint density at radius 1 is 1.16 bits per heavy atom. The van der Waals surface area contributed by atoms with Crippen molar-refractivity contribution in [2.75, 3.05) is 38.2 Å². The van der Waals surface area contributed by atoms with Gasteiger partial charge in [-0.2, -0.15) is 0 Å². The third-order valence-corrected chi connectivity index (χ3v) is 4.69. The van der Waals surface area contributed by atoms with Crippen molar-refractivity contribution in [1.29, 1.82) is 0 Å². The molecule has 2 aliphatic heterocycles. The predicted octanol–water partition coefficient (Wildman–Crippen LogP) is 2.52. The van der Waals surface area contributed by atoms with E-state index in [1.54, 1.807) is 7.11 Å². The first kappa shape index (κ1) is 12.8. The number of rotatable bonds is 3. The third-order valence-electron chi connectivity index (χ3n) is 4.69. The number of hydrogen-bond donors (Lipinski definition) is 1. The van der Waals surface area contributed by atoms with E-state index in [4.69, 9.17) is 4.74 Å². The highest BCUT2D eigenvalue weighted by atomic mass is 16.5. The molecule has 3 rings (SSSR count). The van der Waals surface area contributed by atoms with Crippen molar-refractivity contribution >= 4 is 5.69 Å². The lowest BCUT2D eigenvalue weighted by Crippen LogP contribution is -2.32. The van der Waals surface area contributed by atoms with E-state index >= 15 is 0 Å². The molecule has 1 unspecified atom stereocenters. The Morgan fingerprint density at radius 2 is 2.00 bits per heavy atom. The number of ether oxygens (including phenoxy) is 1. The topological polar surface area (TPSA) is 24.5 Å². The first-order valence-corrected chi connectivity index (χ1v) is 7.46. The first-order chi connectivity index (χ1) is 9.36. The van der Waals surface area contributed by atoms with Crippen LogP contribution in [0, 0.1) is 11.8 Å². The summed E-state index contributed by atoms with van der Waals surface area (Å²) in [6, 6.07) is 8.47. The average Bonchev–Trinajstić information content (AvgIpc) is 2.98. The van der Waals surface area contributed by atoms with Crippen molar-refractivity contribution in [2.45, 2.75) is 19.3 Å². The number of nitrogens with zero attached hydrogens (tertiary/aromatic N) is 1. The van der Waals surface area contributed by atoms with E-state index < -0.39 is 0 Å². The maximum absolute atomic E-state index is 5.32. The van der Waals surface area contributed by atoms with Crippen LogP contribution in [0.2, 0.25) is 0 Å². The molecule has 2 aliphatic rings. The fourth-order valence-corrected chi connectivity index (χ4v) is 3.53. The van der Waals surface area contributed by atoms with E-state index in [0.29, 0.717) is 0 Å². The lowest BCUT2D eigenvalue weighted by molar-refractivity contribution is 0.276. The van der Waals surface area contributed by atoms with Gasteiger partial charge in [-0.25, -0.2) is 0 Å². The van der Waals surface area contributed by atoms with Crippen LogP contribution in [-0.2, 0) is 0 Å². The molecule has 0 spiro atoms. The van der Waals surface area contributed by atoms with Crippen molar-refractivity contribution in [3.05, 3.63) is 24.3 Å². The second kappa shape index (κ2) is 5.83. The number of nitrogens with one attached hydrogen (secondary N) is 1. The molecule has 2 saturated heterocycles. The fraction of sp³-hybridized carbons (Fsp3) is 0.625. The van der Waals surface area contributed by atoms with Gasteiger partial charge in [-0.05, 0) is 56.3 Å². The molecule has 1 N–H and O–H groups in total. The summed E-state index contributed by atoms with van der Waals surface area (Å²) in [5, 5.41) is 3.47. The molecular formula is C16H24N2O. The number of benzene rings is 1. The van der Waals surface area contributed by atoms with Crippen molar-refractivity contribution in [2.24, 2.45) is 11.8 Å². The molecule has 1 aromatic rings. The van der Waals surface area contributed by atoms with Gasteiger partial charge in [0.25, 0.3) is 0 Å². The van der Waals surface area contributed by atoms with Gasteiger partial charge in [-0.15, -0.1) is 0 Å². The summed E-state index contributed by atoms with van der Waals surface area (Å²) in [6.07, 6.45) is 4.06. The minimum absolute atomic E-state index is 0.883. The van der Waals surface area contributed by atoms with Gasteiger partial charge in [0.2, 0.25) is 0 Å². The van der Waals surface area contributed by atoms with E-state index in [9.17, 15) is 0 Å². The minimum Gasteiger partial charge on any atom is -0.497 e. The van der Waals surface area contributed by atoms with E-state index in [2.05, 4.69) is 28.4 Å². The van der Waals surface area contributed by atoms with Crippen LogP contribution in [0.15, 0.2) is 24.3 Å². The Hall–Kier alpha value is -1.22. The van der Waals surface area contributed by atoms with Gasteiger partial charge in [-0.3, -0.25) is 0 Å². The number of anilines is 1. The maximum atomic E-state index is 5.32. The highest BCUT2D eigenvalue weighted by molar-refractivity contribution is 5.51. The zero-order valence-corrected chi connectivity index (χ0v) is 11.8. The lowest BCUT2D eigenvalue weighted by atomic mass is 9.84. The maximum Gasteiger partial charge on any atom is 0.120 e. The summed E-state index contributed by atoms with van der Waals surface area (Å²) in [7, 11) is 1.74. The molecular weight excluding hydrogens is 236 g/mol. The summed E-state index contributed by atoms with van der Waals surface area (Å²) in [6.45, 7) is 4.83. The van der Waals surface area contributed by atoms with Crippen LogP contribution in [0.5, 0.6) is 5.75 Å². The van der Waals surface area contributed by atoms with Crippen LogP contribution in [0.25, 0.3) is 0 Å². The summed E-state index contributed by atoms with van der Waals surface area (Å²) in [4.78, 5) is 2.52. The van der Waals surface area contributed by atoms with Gasteiger partial charge < -0.3 is 15.0 Å². The highest BCUT2D eigenvalue weighted by Gasteiger charge is 2.30. The number of methoxy groups -OCH3 is 1. The second-order valence-electron chi connectivity index (χ2n) is 5.78. The molecule has 2 fully saturated rings. The normalized spacial score (nSPS) is 24.7. The Labute approximate surface area is 115 Å². The quantitative estimate of drug-likeness (QED) is 0.904. The Balaban J connectivity index is 1.64. The third kappa shape index (κ3) is 2.86. The molecule has 0 aromatic heterocycles. The van der Waals surface area contributed by atoms with Gasteiger partial charge in [0.1, 0.15) is 5.75 Å². The van der Waals surface area contributed by atoms with E-state index in [-0.39, 0.29) is 0 Å². The van der Waals surface area contributed by atoms with Crippen LogP contribution in [0.1, 0.15) is 19.3 Å². The van der Waals surface area contributed by atoms with Crippen molar-refractivity contribution in [3.63, 3.8) is 0 Å². The van der Waals surface area contributed by atoms with Gasteiger partial charge in [0.15, 0.2) is 0 Å². The van der Waals surface area contributed by atoms with Crippen LogP contribution in [0.4, 0.5) is 5.69 Å². The standard InChI is InChI=1S/C16H24N2O/c1-19-16-4-2-3-15(11-16)18-10-7-14(12-18)13-5-8-17-9-6-13/h2-4,11,13-14,17H,5-10,12H2,1H3. The van der Waals surface area contributed by atoms with Crippen LogP contribution >= 0.6 is 0 Å². The summed E-state index contributed by atoms with van der Waals surface area (Å²) < 4.78 is 5.32. The molecule has 3 heteroatoms. The smallest absolute Gasteiger partial charge is 0.120 e. The predicted molar refractivity (Wildman–Crippen MR) is 78.9 cm³/mol. The fourth-order valence-electron chi connectivity index (χ4n) is 3.53. The Bertz CT molecular complexity index is 415. The highest BCUT2D eigenvalue weighted by Crippen LogP contribution is 2.33. The summed E-state index contributed by atoms with van der Waals surface area (Å²) in [5.41, 5.74) is 1.32. The molecule has 3 nitrogen and oxygen atoms in total. The lowest BCUT2D eigenvalue weighted by Gasteiger charge is -2.28. The average molecular weight is 260 g/mol.